The van der Waals surface area contributed by atoms with E-state index in [4.69, 9.17) is 22.4 Å². The van der Waals surface area contributed by atoms with Crippen LogP contribution in [0.2, 0.25) is 0 Å². The Balaban J connectivity index is 2.19. The summed E-state index contributed by atoms with van der Waals surface area (Å²) in [6, 6.07) is -0.566. The molecule has 4 atom stereocenters. The summed E-state index contributed by atoms with van der Waals surface area (Å²) in [6.45, 7) is -0.178. The lowest BCUT2D eigenvalue weighted by Crippen LogP contribution is -2.60. The smallest absolute Gasteiger partial charge is 0.203 e. The van der Waals surface area contributed by atoms with E-state index in [9.17, 15) is 10.3 Å². The molecule has 0 fully saturated rings. The van der Waals surface area contributed by atoms with Crippen molar-refractivity contribution in [3.8, 4) is 0 Å². The summed E-state index contributed by atoms with van der Waals surface area (Å²) in [7, 11) is 0. The SMILES string of the molecule is NC1=NC(Cl)N(O)C2C1N=CN2C(O)CCO. The van der Waals surface area contributed by atoms with Crippen LogP contribution in [0.5, 0.6) is 0 Å². The number of amidine groups is 1. The average Bonchev–Trinajstić information content (AvgIpc) is 2.71. The normalized spacial score (nSPS) is 34.7. The Morgan fingerprint density at radius 3 is 2.94 bits per heavy atom. The second-order valence-corrected chi connectivity index (χ2v) is 4.20. The number of aliphatic hydroxyl groups is 2. The van der Waals surface area contributed by atoms with E-state index in [0.717, 1.165) is 5.06 Å². The summed E-state index contributed by atoms with van der Waals surface area (Å²) in [5.74, 6) is 0.204. The van der Waals surface area contributed by atoms with Gasteiger partial charge in [-0.15, -0.1) is 5.06 Å². The van der Waals surface area contributed by atoms with Crippen LogP contribution < -0.4 is 5.73 Å². The maximum Gasteiger partial charge on any atom is 0.203 e. The first-order valence-corrected chi connectivity index (χ1v) is 5.54. The van der Waals surface area contributed by atoms with Crippen molar-refractivity contribution in [1.82, 2.24) is 9.96 Å². The monoisotopic (exact) mass is 263 g/mol. The molecule has 0 aromatic rings. The van der Waals surface area contributed by atoms with E-state index in [1.807, 2.05) is 0 Å². The lowest BCUT2D eigenvalue weighted by Gasteiger charge is -2.39. The molecule has 0 amide bonds. The molecule has 0 saturated carbocycles. The minimum absolute atomic E-state index is 0.132. The van der Waals surface area contributed by atoms with Gasteiger partial charge in [0.25, 0.3) is 0 Å². The molecule has 0 spiro atoms. The first-order valence-electron chi connectivity index (χ1n) is 5.10. The summed E-state index contributed by atoms with van der Waals surface area (Å²) in [4.78, 5) is 9.25. The fraction of sp³-hybridized carbons (Fsp3) is 0.750. The second kappa shape index (κ2) is 4.75. The van der Waals surface area contributed by atoms with Crippen LogP contribution >= 0.6 is 11.6 Å². The van der Waals surface area contributed by atoms with E-state index in [0.29, 0.717) is 0 Å². The summed E-state index contributed by atoms with van der Waals surface area (Å²) in [5.41, 5.74) is 4.65. The first kappa shape index (κ1) is 12.5. The minimum Gasteiger partial charge on any atom is -0.396 e. The average molecular weight is 264 g/mol. The molecule has 5 N–H and O–H groups in total. The van der Waals surface area contributed by atoms with Gasteiger partial charge >= 0.3 is 0 Å². The number of rotatable bonds is 3. The van der Waals surface area contributed by atoms with E-state index in [1.165, 1.54) is 11.2 Å². The zero-order valence-electron chi connectivity index (χ0n) is 8.89. The van der Waals surface area contributed by atoms with Gasteiger partial charge in [-0.25, -0.2) is 4.99 Å². The standard InChI is InChI=1S/C8H14ClN5O3/c9-8-12-6(10)5-7(14(8)17)13(3-11-5)4(16)1-2-15/h3-5,7-8,15-17H,1-2H2,(H2,10,12). The quantitative estimate of drug-likeness (QED) is 0.356. The maximum absolute atomic E-state index is 9.80. The van der Waals surface area contributed by atoms with Crippen molar-refractivity contribution in [2.24, 2.45) is 15.7 Å². The lowest BCUT2D eigenvalue weighted by molar-refractivity contribution is -0.188. The zero-order chi connectivity index (χ0) is 12.6. The molecule has 17 heavy (non-hydrogen) atoms. The molecule has 0 aromatic carbocycles. The van der Waals surface area contributed by atoms with Gasteiger partial charge in [0.15, 0.2) is 0 Å². The molecule has 0 saturated heterocycles. The molecule has 0 aromatic heterocycles. The molecule has 4 unspecified atom stereocenters. The van der Waals surface area contributed by atoms with Gasteiger partial charge in [0.05, 0.1) is 6.34 Å². The van der Waals surface area contributed by atoms with Gasteiger partial charge in [0, 0.05) is 13.0 Å². The Bertz CT molecular complexity index is 352. The first-order chi connectivity index (χ1) is 8.06. The highest BCUT2D eigenvalue weighted by atomic mass is 35.5. The van der Waals surface area contributed by atoms with Gasteiger partial charge < -0.3 is 26.1 Å². The van der Waals surface area contributed by atoms with E-state index >= 15 is 0 Å². The highest BCUT2D eigenvalue weighted by Gasteiger charge is 2.45. The van der Waals surface area contributed by atoms with Crippen LogP contribution in [0, 0.1) is 0 Å². The largest absolute Gasteiger partial charge is 0.396 e. The summed E-state index contributed by atoms with van der Waals surface area (Å²) in [5, 5.41) is 29.1. The lowest BCUT2D eigenvalue weighted by atomic mass is 10.1. The summed E-state index contributed by atoms with van der Waals surface area (Å²) < 4.78 is 0. The Morgan fingerprint density at radius 1 is 1.59 bits per heavy atom. The second-order valence-electron chi connectivity index (χ2n) is 3.81. The molecule has 2 aliphatic rings. The number of aliphatic imine (C=N–C) groups is 2. The fourth-order valence-electron chi connectivity index (χ4n) is 1.87. The van der Waals surface area contributed by atoms with Crippen molar-refractivity contribution in [2.75, 3.05) is 6.61 Å². The Labute approximate surface area is 103 Å². The van der Waals surface area contributed by atoms with E-state index in [1.54, 1.807) is 0 Å². The summed E-state index contributed by atoms with van der Waals surface area (Å²) in [6.07, 6.45) is -0.164. The molecule has 2 aliphatic heterocycles. The predicted octanol–water partition coefficient (Wildman–Crippen LogP) is -1.69. The van der Waals surface area contributed by atoms with Gasteiger partial charge in [0.1, 0.15) is 24.3 Å². The fourth-order valence-corrected chi connectivity index (χ4v) is 2.10. The van der Waals surface area contributed by atoms with Gasteiger partial charge in [-0.1, -0.05) is 11.6 Å². The molecule has 2 rings (SSSR count). The Morgan fingerprint density at radius 2 is 2.29 bits per heavy atom. The molecule has 0 radical (unpaired) electrons. The van der Waals surface area contributed by atoms with Crippen molar-refractivity contribution in [1.29, 1.82) is 0 Å². The predicted molar refractivity (Wildman–Crippen MR) is 60.5 cm³/mol. The number of aliphatic hydroxyl groups excluding tert-OH is 2. The van der Waals surface area contributed by atoms with Crippen molar-refractivity contribution < 1.29 is 15.4 Å². The van der Waals surface area contributed by atoms with Gasteiger partial charge in [-0.3, -0.25) is 4.99 Å². The van der Waals surface area contributed by atoms with Crippen LogP contribution in [0.4, 0.5) is 0 Å². The van der Waals surface area contributed by atoms with Gasteiger partial charge in [0.2, 0.25) is 5.62 Å². The molecular formula is C8H14ClN5O3. The minimum atomic E-state index is -1.01. The Hall–Kier alpha value is -0.930. The number of alkyl halides is 1. The van der Waals surface area contributed by atoms with Crippen molar-refractivity contribution in [3.05, 3.63) is 0 Å². The maximum atomic E-state index is 9.80. The third-order valence-electron chi connectivity index (χ3n) is 2.73. The van der Waals surface area contributed by atoms with Crippen molar-refractivity contribution in [2.45, 2.75) is 30.5 Å². The summed E-state index contributed by atoms with van der Waals surface area (Å²) >= 11 is 5.77. The Kier molecular flexibility index (Phi) is 3.50. The number of hydrogen-bond donors (Lipinski definition) is 4. The van der Waals surface area contributed by atoms with Crippen LogP contribution in [0.25, 0.3) is 0 Å². The molecule has 0 aliphatic carbocycles. The zero-order valence-corrected chi connectivity index (χ0v) is 9.64. The number of nitrogens with zero attached hydrogens (tertiary/aromatic N) is 4. The number of hydroxylamine groups is 2. The topological polar surface area (TPSA) is 118 Å². The highest BCUT2D eigenvalue weighted by molar-refractivity contribution is 6.21. The van der Waals surface area contributed by atoms with Crippen LogP contribution in [-0.2, 0) is 0 Å². The third kappa shape index (κ3) is 2.09. The molecule has 2 heterocycles. The molecule has 9 heteroatoms. The van der Waals surface area contributed by atoms with Crippen LogP contribution in [0.1, 0.15) is 6.42 Å². The molecular weight excluding hydrogens is 250 g/mol. The van der Waals surface area contributed by atoms with Gasteiger partial charge in [-0.05, 0) is 0 Å². The van der Waals surface area contributed by atoms with E-state index < -0.39 is 24.1 Å². The number of fused-ring (bicyclic) bond motifs is 1. The molecule has 96 valence electrons. The van der Waals surface area contributed by atoms with E-state index in [-0.39, 0.29) is 18.9 Å². The van der Waals surface area contributed by atoms with Gasteiger partial charge in [-0.2, -0.15) is 0 Å². The molecule has 0 bridgehead atoms. The van der Waals surface area contributed by atoms with Crippen molar-refractivity contribution >= 4 is 23.8 Å². The third-order valence-corrected chi connectivity index (χ3v) is 3.03. The van der Waals surface area contributed by atoms with Crippen molar-refractivity contribution in [3.63, 3.8) is 0 Å². The number of halogens is 1. The number of nitrogens with two attached hydrogens (primary N) is 1. The highest BCUT2D eigenvalue weighted by Crippen LogP contribution is 2.26. The van der Waals surface area contributed by atoms with Crippen LogP contribution in [0.3, 0.4) is 0 Å². The van der Waals surface area contributed by atoms with E-state index in [2.05, 4.69) is 9.98 Å². The van der Waals surface area contributed by atoms with Crippen LogP contribution in [0.15, 0.2) is 9.98 Å². The van der Waals surface area contributed by atoms with Crippen LogP contribution in [-0.4, -0.2) is 68.2 Å². The molecule has 8 nitrogen and oxygen atoms in total. The number of hydrogen-bond acceptors (Lipinski definition) is 8.